The van der Waals surface area contributed by atoms with Crippen molar-refractivity contribution in [3.63, 3.8) is 0 Å². The van der Waals surface area contributed by atoms with Crippen molar-refractivity contribution in [3.8, 4) is 0 Å². The van der Waals surface area contributed by atoms with E-state index in [2.05, 4.69) is 63.7 Å². The molecule has 2 nitrogen and oxygen atoms in total. The van der Waals surface area contributed by atoms with Crippen molar-refractivity contribution in [2.75, 3.05) is 0 Å². The van der Waals surface area contributed by atoms with Gasteiger partial charge in [-0.3, -0.25) is 9.98 Å². The van der Waals surface area contributed by atoms with Gasteiger partial charge >= 0.3 is 0 Å². The minimum absolute atomic E-state index is 0. The first kappa shape index (κ1) is 21.1. The molecule has 0 bridgehead atoms. The third-order valence-electron chi connectivity index (χ3n) is 2.93. The number of hydrogen-bond acceptors (Lipinski definition) is 2. The van der Waals surface area contributed by atoms with Gasteiger partial charge in [0.15, 0.2) is 0 Å². The van der Waals surface area contributed by atoms with Crippen molar-refractivity contribution in [1.82, 2.24) is 0 Å². The van der Waals surface area contributed by atoms with Crippen molar-refractivity contribution >= 4 is 11.9 Å². The Labute approximate surface area is 126 Å². The SMILES string of the molecule is C.C.CC(C)(C)C1=CCC=N1.CC(C)(C)C1=NC=CC1. The van der Waals surface area contributed by atoms with Crippen LogP contribution in [0.4, 0.5) is 0 Å². The molecule has 2 rings (SSSR count). The summed E-state index contributed by atoms with van der Waals surface area (Å²) >= 11 is 0. The third kappa shape index (κ3) is 6.83. The Morgan fingerprint density at radius 1 is 0.950 bits per heavy atom. The molecule has 2 heterocycles. The largest absolute Gasteiger partial charge is 0.265 e. The lowest BCUT2D eigenvalue weighted by atomic mass is 9.89. The van der Waals surface area contributed by atoms with Gasteiger partial charge in [-0.25, -0.2) is 0 Å². The highest BCUT2D eigenvalue weighted by Gasteiger charge is 2.18. The molecule has 20 heavy (non-hydrogen) atoms. The predicted molar refractivity (Wildman–Crippen MR) is 94.8 cm³/mol. The van der Waals surface area contributed by atoms with Crippen LogP contribution in [0.15, 0.2) is 34.0 Å². The van der Waals surface area contributed by atoms with Crippen molar-refractivity contribution in [3.05, 3.63) is 24.0 Å². The quantitative estimate of drug-likeness (QED) is 0.515. The summed E-state index contributed by atoms with van der Waals surface area (Å²) in [5.74, 6) is 0. The van der Waals surface area contributed by atoms with Crippen LogP contribution in [0.2, 0.25) is 0 Å². The molecule has 0 N–H and O–H groups in total. The maximum Gasteiger partial charge on any atom is 0.0417 e. The third-order valence-corrected chi connectivity index (χ3v) is 2.93. The molecule has 2 aliphatic heterocycles. The zero-order valence-electron chi connectivity index (χ0n) is 12.6. The number of rotatable bonds is 0. The Morgan fingerprint density at radius 3 is 1.75 bits per heavy atom. The van der Waals surface area contributed by atoms with Crippen molar-refractivity contribution in [2.24, 2.45) is 20.8 Å². The fourth-order valence-corrected chi connectivity index (χ4v) is 1.73. The lowest BCUT2D eigenvalue weighted by Crippen LogP contribution is -2.17. The molecule has 0 fully saturated rings. The van der Waals surface area contributed by atoms with Crippen molar-refractivity contribution in [1.29, 1.82) is 0 Å². The Morgan fingerprint density at radius 2 is 1.55 bits per heavy atom. The van der Waals surface area contributed by atoms with E-state index in [1.807, 2.05) is 12.4 Å². The van der Waals surface area contributed by atoms with Crippen LogP contribution in [0.5, 0.6) is 0 Å². The average Bonchev–Trinajstić information content (AvgIpc) is 2.91. The minimum atomic E-state index is 0. The summed E-state index contributed by atoms with van der Waals surface area (Å²) in [6.07, 6.45) is 10.2. The first-order valence-electron chi connectivity index (χ1n) is 6.66. The molecule has 0 aromatic carbocycles. The summed E-state index contributed by atoms with van der Waals surface area (Å²) in [5, 5.41) is 0. The fourth-order valence-electron chi connectivity index (χ4n) is 1.73. The first-order chi connectivity index (χ1) is 8.21. The molecule has 0 saturated heterocycles. The van der Waals surface area contributed by atoms with Gasteiger partial charge in [0.1, 0.15) is 0 Å². The Bertz CT molecular complexity index is 396. The number of nitrogens with zero attached hydrogens (tertiary/aromatic N) is 2. The lowest BCUT2D eigenvalue weighted by Gasteiger charge is -2.17. The van der Waals surface area contributed by atoms with Gasteiger partial charge in [0.2, 0.25) is 0 Å². The summed E-state index contributed by atoms with van der Waals surface area (Å²) in [4.78, 5) is 8.49. The molecule has 0 aromatic rings. The van der Waals surface area contributed by atoms with Crippen LogP contribution < -0.4 is 0 Å². The zero-order chi connectivity index (χ0) is 13.8. The normalized spacial score (nSPS) is 16.5. The van der Waals surface area contributed by atoms with Crippen LogP contribution in [-0.4, -0.2) is 11.9 Å². The molecule has 116 valence electrons. The smallest absolute Gasteiger partial charge is 0.0417 e. The molecular formula is C18H34N2. The van der Waals surface area contributed by atoms with E-state index >= 15 is 0 Å². The Kier molecular flexibility index (Phi) is 8.64. The van der Waals surface area contributed by atoms with Crippen LogP contribution in [-0.2, 0) is 0 Å². The predicted octanol–water partition coefficient (Wildman–Crippen LogP) is 6.05. The summed E-state index contributed by atoms with van der Waals surface area (Å²) in [6, 6.07) is 0. The molecule has 2 heteroatoms. The van der Waals surface area contributed by atoms with Crippen molar-refractivity contribution < 1.29 is 0 Å². The molecule has 0 spiro atoms. The Balaban J connectivity index is 0. The summed E-state index contributed by atoms with van der Waals surface area (Å²) in [7, 11) is 0. The fraction of sp³-hybridized carbons (Fsp3) is 0.667. The number of hydrogen-bond donors (Lipinski definition) is 0. The standard InChI is InChI=1S/2C8H13N.2CH4/c2*1-8(2,3)7-5-4-6-9-7;;/h5-6H,4H2,1-3H3;4,6H,5H2,1-3H3;2*1H4. The highest BCUT2D eigenvalue weighted by atomic mass is 14.8. The van der Waals surface area contributed by atoms with Crippen LogP contribution in [0.25, 0.3) is 0 Å². The maximum absolute atomic E-state index is 4.24. The molecule has 0 radical (unpaired) electrons. The van der Waals surface area contributed by atoms with Crippen molar-refractivity contribution in [2.45, 2.75) is 69.2 Å². The van der Waals surface area contributed by atoms with E-state index < -0.39 is 0 Å². The van der Waals surface area contributed by atoms with E-state index in [0.29, 0.717) is 0 Å². The highest BCUT2D eigenvalue weighted by molar-refractivity contribution is 5.92. The second kappa shape index (κ2) is 8.18. The molecule has 0 aliphatic carbocycles. The van der Waals surface area contributed by atoms with E-state index in [9.17, 15) is 0 Å². The van der Waals surface area contributed by atoms with Crippen LogP contribution in [0.1, 0.15) is 69.2 Å². The van der Waals surface area contributed by atoms with Gasteiger partial charge in [-0.15, -0.1) is 0 Å². The van der Waals surface area contributed by atoms with Gasteiger partial charge in [0.05, 0.1) is 0 Å². The van der Waals surface area contributed by atoms with Gasteiger partial charge < -0.3 is 0 Å². The van der Waals surface area contributed by atoms with Gasteiger partial charge in [-0.05, 0) is 0 Å². The van der Waals surface area contributed by atoms with Crippen LogP contribution in [0.3, 0.4) is 0 Å². The van der Waals surface area contributed by atoms with Crippen LogP contribution in [0, 0.1) is 10.8 Å². The molecule has 0 atom stereocenters. The maximum atomic E-state index is 4.24. The summed E-state index contributed by atoms with van der Waals surface area (Å²) < 4.78 is 0. The molecule has 0 saturated carbocycles. The summed E-state index contributed by atoms with van der Waals surface area (Å²) in [5.41, 5.74) is 3.03. The van der Waals surface area contributed by atoms with E-state index in [-0.39, 0.29) is 25.7 Å². The molecule has 0 amide bonds. The van der Waals surface area contributed by atoms with Gasteiger partial charge in [-0.2, -0.15) is 0 Å². The molecule has 0 aromatic heterocycles. The zero-order valence-corrected chi connectivity index (χ0v) is 12.6. The van der Waals surface area contributed by atoms with E-state index in [1.165, 1.54) is 11.4 Å². The van der Waals surface area contributed by atoms with Gasteiger partial charge in [0.25, 0.3) is 0 Å². The minimum Gasteiger partial charge on any atom is -0.265 e. The first-order valence-corrected chi connectivity index (χ1v) is 6.66. The Hall–Kier alpha value is -1.18. The van der Waals surface area contributed by atoms with Gasteiger partial charge in [0, 0.05) is 47.5 Å². The topological polar surface area (TPSA) is 24.7 Å². The van der Waals surface area contributed by atoms with E-state index in [4.69, 9.17) is 0 Å². The molecule has 2 aliphatic rings. The highest BCUT2D eigenvalue weighted by Crippen LogP contribution is 2.28. The molecular weight excluding hydrogens is 244 g/mol. The number of allylic oxidation sites excluding steroid dienone is 3. The second-order valence-corrected chi connectivity index (χ2v) is 6.80. The van der Waals surface area contributed by atoms with E-state index in [1.54, 1.807) is 0 Å². The van der Waals surface area contributed by atoms with Gasteiger partial charge in [-0.1, -0.05) is 68.5 Å². The second-order valence-electron chi connectivity index (χ2n) is 6.80. The summed E-state index contributed by atoms with van der Waals surface area (Å²) in [6.45, 7) is 13.1. The van der Waals surface area contributed by atoms with Crippen LogP contribution >= 0.6 is 0 Å². The monoisotopic (exact) mass is 278 g/mol. The molecule has 0 unspecified atom stereocenters. The van der Waals surface area contributed by atoms with E-state index in [0.717, 1.165) is 12.8 Å². The average molecular weight is 278 g/mol. The lowest BCUT2D eigenvalue weighted by molar-refractivity contribution is 0.500. The number of aliphatic imine (C=N–C) groups is 2.